The van der Waals surface area contributed by atoms with Gasteiger partial charge >= 0.3 is 0 Å². The Bertz CT molecular complexity index is 678. The second-order valence-electron chi connectivity index (χ2n) is 3.95. The van der Waals surface area contributed by atoms with Gasteiger partial charge in [0.25, 0.3) is 0 Å². The van der Waals surface area contributed by atoms with Gasteiger partial charge in [0.2, 0.25) is 0 Å². The highest BCUT2D eigenvalue weighted by Crippen LogP contribution is 2.34. The lowest BCUT2D eigenvalue weighted by molar-refractivity contribution is 0.103. The van der Waals surface area contributed by atoms with Crippen LogP contribution < -0.4 is 0 Å². The maximum Gasteiger partial charge on any atom is 0.195 e. The summed E-state index contributed by atoms with van der Waals surface area (Å²) in [5.74, 6) is -0.0481. The average molecular weight is 270 g/mol. The van der Waals surface area contributed by atoms with Crippen LogP contribution >= 0.6 is 22.7 Å². The smallest absolute Gasteiger partial charge is 0.195 e. The zero-order valence-electron chi connectivity index (χ0n) is 9.19. The van der Waals surface area contributed by atoms with Crippen LogP contribution in [0, 0.1) is 22.7 Å². The summed E-state index contributed by atoms with van der Waals surface area (Å²) in [6.45, 7) is 0. The van der Waals surface area contributed by atoms with E-state index in [1.807, 2.05) is 0 Å². The lowest BCUT2D eigenvalue weighted by Gasteiger charge is -1.94. The Morgan fingerprint density at radius 2 is 1.39 bits per heavy atom. The minimum Gasteiger partial charge on any atom is -0.289 e. The van der Waals surface area contributed by atoms with Gasteiger partial charge in [0, 0.05) is 20.9 Å². The second-order valence-corrected chi connectivity index (χ2v) is 6.22. The Morgan fingerprint density at radius 3 is 1.78 bits per heavy atom. The summed E-state index contributed by atoms with van der Waals surface area (Å²) in [7, 11) is 0. The van der Waals surface area contributed by atoms with E-state index in [1.165, 1.54) is 22.7 Å². The summed E-state index contributed by atoms with van der Waals surface area (Å²) in [5.41, 5.74) is 1.27. The number of aryl methyl sites for hydroxylation is 2. The molecule has 0 spiro atoms. The molecule has 0 saturated heterocycles. The zero-order valence-corrected chi connectivity index (χ0v) is 10.8. The number of carbonyl (C=O) groups excluding carboxylic acids is 1. The molecule has 1 aliphatic carbocycles. The highest BCUT2D eigenvalue weighted by Gasteiger charge is 2.25. The summed E-state index contributed by atoms with van der Waals surface area (Å²) in [4.78, 5) is 15.5. The summed E-state index contributed by atoms with van der Waals surface area (Å²) in [6, 6.07) is 7.50. The minimum atomic E-state index is -0.0481. The van der Waals surface area contributed by atoms with Crippen molar-refractivity contribution < 1.29 is 4.79 Å². The van der Waals surface area contributed by atoms with Crippen molar-refractivity contribution in [2.24, 2.45) is 0 Å². The topological polar surface area (TPSA) is 64.7 Å². The molecule has 2 heterocycles. The number of fused-ring (bicyclic) bond motifs is 2. The van der Waals surface area contributed by atoms with Crippen LogP contribution in [-0.4, -0.2) is 5.78 Å². The van der Waals surface area contributed by atoms with Crippen LogP contribution in [0.5, 0.6) is 0 Å². The monoisotopic (exact) mass is 270 g/mol. The summed E-state index contributed by atoms with van der Waals surface area (Å²) in [5, 5.41) is 17.8. The number of nitrogens with zero attached hydrogens (tertiary/aromatic N) is 2. The molecule has 18 heavy (non-hydrogen) atoms. The fourth-order valence-electron chi connectivity index (χ4n) is 2.10. The van der Waals surface area contributed by atoms with Crippen LogP contribution in [0.4, 0.5) is 0 Å². The predicted octanol–water partition coefficient (Wildman–Crippen LogP) is 2.88. The van der Waals surface area contributed by atoms with Crippen molar-refractivity contribution in [3.05, 3.63) is 42.8 Å². The quantitative estimate of drug-likeness (QED) is 0.739. The third-order valence-electron chi connectivity index (χ3n) is 2.91. The largest absolute Gasteiger partial charge is 0.289 e. The Labute approximate surface area is 112 Å². The molecule has 5 heteroatoms. The molecule has 0 bridgehead atoms. The number of rotatable bonds is 0. The maximum atomic E-state index is 12.4. The van der Waals surface area contributed by atoms with Crippen LogP contribution in [0.15, 0.2) is 12.1 Å². The van der Waals surface area contributed by atoms with Crippen molar-refractivity contribution in [1.82, 2.24) is 0 Å². The zero-order chi connectivity index (χ0) is 12.7. The van der Waals surface area contributed by atoms with E-state index in [-0.39, 0.29) is 5.78 Å². The molecule has 0 fully saturated rings. The van der Waals surface area contributed by atoms with E-state index in [0.717, 1.165) is 22.6 Å². The Kier molecular flexibility index (Phi) is 2.52. The third kappa shape index (κ3) is 1.57. The fraction of sp³-hybridized carbons (Fsp3) is 0.154. The molecule has 0 radical (unpaired) electrons. The van der Waals surface area contributed by atoms with Crippen LogP contribution in [0.3, 0.4) is 0 Å². The van der Waals surface area contributed by atoms with E-state index in [1.54, 1.807) is 12.1 Å². The lowest BCUT2D eigenvalue weighted by Crippen LogP contribution is -1.99. The van der Waals surface area contributed by atoms with Gasteiger partial charge in [-0.3, -0.25) is 4.79 Å². The molecule has 86 valence electrons. The van der Waals surface area contributed by atoms with E-state index in [4.69, 9.17) is 10.5 Å². The van der Waals surface area contributed by atoms with Crippen LogP contribution in [0.1, 0.15) is 35.4 Å². The van der Waals surface area contributed by atoms with E-state index < -0.39 is 0 Å². The molecule has 3 rings (SSSR count). The average Bonchev–Trinajstić information content (AvgIpc) is 2.97. The van der Waals surface area contributed by atoms with Crippen molar-refractivity contribution in [2.75, 3.05) is 0 Å². The summed E-state index contributed by atoms with van der Waals surface area (Å²) >= 11 is 2.79. The first-order valence-corrected chi connectivity index (χ1v) is 6.96. The molecule has 3 nitrogen and oxygen atoms in total. The number of ketones is 1. The van der Waals surface area contributed by atoms with Gasteiger partial charge in [-0.1, -0.05) is 0 Å². The van der Waals surface area contributed by atoms with Gasteiger partial charge in [0.1, 0.15) is 21.9 Å². The maximum absolute atomic E-state index is 12.4. The molecule has 0 unspecified atom stereocenters. The summed E-state index contributed by atoms with van der Waals surface area (Å²) in [6.07, 6.45) is 1.54. The number of hydrogen-bond acceptors (Lipinski definition) is 5. The highest BCUT2D eigenvalue weighted by molar-refractivity contribution is 7.13. The molecular formula is C13H6N2OS2. The molecule has 0 aromatic carbocycles. The van der Waals surface area contributed by atoms with E-state index in [2.05, 4.69) is 12.1 Å². The SMILES string of the molecule is N#Cc1cc2c(s1)CCc1sc(C#N)cc1C2=O. The number of carbonyl (C=O) groups is 1. The van der Waals surface area contributed by atoms with Crippen molar-refractivity contribution in [2.45, 2.75) is 12.8 Å². The van der Waals surface area contributed by atoms with Gasteiger partial charge in [-0.25, -0.2) is 0 Å². The van der Waals surface area contributed by atoms with Gasteiger partial charge in [0.05, 0.1) is 0 Å². The lowest BCUT2D eigenvalue weighted by atomic mass is 10.1. The third-order valence-corrected chi connectivity index (χ3v) is 5.11. The van der Waals surface area contributed by atoms with Crippen LogP contribution in [-0.2, 0) is 12.8 Å². The molecule has 0 N–H and O–H groups in total. The van der Waals surface area contributed by atoms with Crippen molar-refractivity contribution in [3.8, 4) is 12.1 Å². The minimum absolute atomic E-state index is 0.0481. The van der Waals surface area contributed by atoms with Gasteiger partial charge in [-0.05, 0) is 25.0 Å². The number of nitriles is 2. The van der Waals surface area contributed by atoms with Gasteiger partial charge in [-0.2, -0.15) is 10.5 Å². The highest BCUT2D eigenvalue weighted by atomic mass is 32.1. The first kappa shape index (κ1) is 11.2. The Hall–Kier alpha value is -1.95. The molecule has 2 aromatic heterocycles. The first-order chi connectivity index (χ1) is 8.72. The predicted molar refractivity (Wildman–Crippen MR) is 68.9 cm³/mol. The van der Waals surface area contributed by atoms with Crippen molar-refractivity contribution >= 4 is 28.5 Å². The number of thiophene rings is 2. The van der Waals surface area contributed by atoms with E-state index in [0.29, 0.717) is 20.9 Å². The van der Waals surface area contributed by atoms with E-state index in [9.17, 15) is 4.79 Å². The van der Waals surface area contributed by atoms with Crippen molar-refractivity contribution in [1.29, 1.82) is 10.5 Å². The van der Waals surface area contributed by atoms with Crippen LogP contribution in [0.2, 0.25) is 0 Å². The Morgan fingerprint density at radius 1 is 0.944 bits per heavy atom. The molecule has 0 amide bonds. The fourth-order valence-corrected chi connectivity index (χ4v) is 4.00. The molecular weight excluding hydrogens is 264 g/mol. The van der Waals surface area contributed by atoms with Gasteiger partial charge < -0.3 is 0 Å². The Balaban J connectivity index is 2.16. The number of hydrogen-bond donors (Lipinski definition) is 0. The van der Waals surface area contributed by atoms with Crippen molar-refractivity contribution in [3.63, 3.8) is 0 Å². The molecule has 1 aliphatic rings. The summed E-state index contributed by atoms with van der Waals surface area (Å²) < 4.78 is 0. The molecule has 0 aliphatic heterocycles. The molecule has 2 aromatic rings. The van der Waals surface area contributed by atoms with Gasteiger partial charge in [0.15, 0.2) is 5.78 Å². The van der Waals surface area contributed by atoms with Gasteiger partial charge in [-0.15, -0.1) is 22.7 Å². The molecule has 0 atom stereocenters. The normalized spacial score (nSPS) is 13.1. The molecule has 0 saturated carbocycles. The van der Waals surface area contributed by atoms with E-state index >= 15 is 0 Å². The first-order valence-electron chi connectivity index (χ1n) is 5.33. The standard InChI is InChI=1S/C13H6N2OS2/c14-5-7-3-9-11(17-7)1-2-12-10(13(9)16)4-8(6-15)18-12/h3-4H,1-2H2. The second kappa shape index (κ2) is 4.06. The van der Waals surface area contributed by atoms with Crippen LogP contribution in [0.25, 0.3) is 0 Å².